The summed E-state index contributed by atoms with van der Waals surface area (Å²) in [6.07, 6.45) is 1.62. The SMILES string of the molecule is CC(C)CC(C)C1CC(O)c2ccccc2O1. The highest BCUT2D eigenvalue weighted by Gasteiger charge is 2.30. The van der Waals surface area contributed by atoms with Crippen molar-refractivity contribution >= 4 is 0 Å². The molecule has 0 saturated heterocycles. The summed E-state index contributed by atoms with van der Waals surface area (Å²) in [5.41, 5.74) is 0.931. The number of hydrogen-bond donors (Lipinski definition) is 1. The molecule has 3 atom stereocenters. The van der Waals surface area contributed by atoms with Crippen molar-refractivity contribution in [3.05, 3.63) is 29.8 Å². The fraction of sp³-hybridized carbons (Fsp3) is 0.600. The second-order valence-corrected chi connectivity index (χ2v) is 5.55. The molecular formula is C15H22O2. The Kier molecular flexibility index (Phi) is 3.72. The second-order valence-electron chi connectivity index (χ2n) is 5.55. The molecule has 0 amide bonds. The average molecular weight is 234 g/mol. The summed E-state index contributed by atoms with van der Waals surface area (Å²) in [6, 6.07) is 7.81. The molecule has 0 radical (unpaired) electrons. The van der Waals surface area contributed by atoms with Gasteiger partial charge < -0.3 is 9.84 Å². The molecule has 0 bridgehead atoms. The largest absolute Gasteiger partial charge is 0.490 e. The van der Waals surface area contributed by atoms with E-state index in [9.17, 15) is 5.11 Å². The number of aliphatic hydroxyl groups excluding tert-OH is 1. The second kappa shape index (κ2) is 5.09. The van der Waals surface area contributed by atoms with Gasteiger partial charge in [0, 0.05) is 12.0 Å². The van der Waals surface area contributed by atoms with Crippen molar-refractivity contribution in [1.82, 2.24) is 0 Å². The minimum absolute atomic E-state index is 0.141. The van der Waals surface area contributed by atoms with E-state index in [0.29, 0.717) is 18.3 Å². The molecule has 0 aromatic heterocycles. The molecule has 17 heavy (non-hydrogen) atoms. The molecule has 1 heterocycles. The number of para-hydroxylation sites is 1. The van der Waals surface area contributed by atoms with Crippen LogP contribution in [0.2, 0.25) is 0 Å². The molecule has 3 unspecified atom stereocenters. The van der Waals surface area contributed by atoms with Crippen molar-refractivity contribution in [2.24, 2.45) is 11.8 Å². The van der Waals surface area contributed by atoms with Crippen molar-refractivity contribution in [2.75, 3.05) is 0 Å². The monoisotopic (exact) mass is 234 g/mol. The predicted octanol–water partition coefficient (Wildman–Crippen LogP) is 3.55. The van der Waals surface area contributed by atoms with Gasteiger partial charge in [-0.15, -0.1) is 0 Å². The first kappa shape index (κ1) is 12.4. The van der Waals surface area contributed by atoms with E-state index in [1.807, 2.05) is 24.3 Å². The summed E-state index contributed by atoms with van der Waals surface area (Å²) < 4.78 is 6.01. The lowest BCUT2D eigenvalue weighted by atomic mass is 9.87. The first-order valence-electron chi connectivity index (χ1n) is 6.51. The number of hydrogen-bond acceptors (Lipinski definition) is 2. The first-order chi connectivity index (χ1) is 8.08. The molecule has 2 heteroatoms. The zero-order chi connectivity index (χ0) is 12.4. The molecule has 1 aliphatic heterocycles. The molecule has 1 aromatic rings. The standard InChI is InChI=1S/C15H22O2/c1-10(2)8-11(3)15-9-13(16)12-6-4-5-7-14(12)17-15/h4-7,10-11,13,15-16H,8-9H2,1-3H3. The van der Waals surface area contributed by atoms with E-state index in [0.717, 1.165) is 17.7 Å². The van der Waals surface area contributed by atoms with Gasteiger partial charge in [0.15, 0.2) is 0 Å². The van der Waals surface area contributed by atoms with Crippen LogP contribution < -0.4 is 4.74 Å². The van der Waals surface area contributed by atoms with Crippen LogP contribution in [-0.4, -0.2) is 11.2 Å². The number of benzene rings is 1. The van der Waals surface area contributed by atoms with Crippen LogP contribution in [-0.2, 0) is 0 Å². The van der Waals surface area contributed by atoms with Crippen LogP contribution in [0.5, 0.6) is 5.75 Å². The highest BCUT2D eigenvalue weighted by atomic mass is 16.5. The molecule has 2 nitrogen and oxygen atoms in total. The molecule has 2 rings (SSSR count). The topological polar surface area (TPSA) is 29.5 Å². The maximum atomic E-state index is 10.1. The summed E-state index contributed by atoms with van der Waals surface area (Å²) in [6.45, 7) is 6.67. The van der Waals surface area contributed by atoms with Crippen LogP contribution in [0, 0.1) is 11.8 Å². The normalized spacial score (nSPS) is 25.2. The molecule has 0 spiro atoms. The van der Waals surface area contributed by atoms with E-state index in [4.69, 9.17) is 4.74 Å². The molecule has 1 aromatic carbocycles. The summed E-state index contributed by atoms with van der Waals surface area (Å²) in [5.74, 6) is 2.01. The molecule has 0 aliphatic carbocycles. The quantitative estimate of drug-likeness (QED) is 0.866. The molecule has 94 valence electrons. The number of fused-ring (bicyclic) bond motifs is 1. The van der Waals surface area contributed by atoms with Gasteiger partial charge in [-0.3, -0.25) is 0 Å². The summed E-state index contributed by atoms with van der Waals surface area (Å²) in [7, 11) is 0. The van der Waals surface area contributed by atoms with Crippen molar-refractivity contribution < 1.29 is 9.84 Å². The van der Waals surface area contributed by atoms with Gasteiger partial charge in [0.1, 0.15) is 11.9 Å². The first-order valence-corrected chi connectivity index (χ1v) is 6.51. The third-order valence-electron chi connectivity index (χ3n) is 3.49. The third kappa shape index (κ3) is 2.81. The Balaban J connectivity index is 2.11. The summed E-state index contributed by atoms with van der Waals surface area (Å²) in [5, 5.41) is 10.1. The van der Waals surface area contributed by atoms with Gasteiger partial charge in [-0.25, -0.2) is 0 Å². The number of aliphatic hydroxyl groups is 1. The van der Waals surface area contributed by atoms with E-state index in [1.165, 1.54) is 0 Å². The van der Waals surface area contributed by atoms with Gasteiger partial charge in [0.05, 0.1) is 6.10 Å². The maximum absolute atomic E-state index is 10.1. The Hall–Kier alpha value is -1.02. The minimum atomic E-state index is -0.375. The van der Waals surface area contributed by atoms with E-state index < -0.39 is 0 Å². The van der Waals surface area contributed by atoms with Gasteiger partial charge in [-0.05, 0) is 24.3 Å². The van der Waals surface area contributed by atoms with Crippen LogP contribution in [0.4, 0.5) is 0 Å². The Morgan fingerprint density at radius 1 is 1.29 bits per heavy atom. The highest BCUT2D eigenvalue weighted by Crippen LogP contribution is 2.37. The fourth-order valence-corrected chi connectivity index (χ4v) is 2.67. The van der Waals surface area contributed by atoms with Crippen LogP contribution in [0.3, 0.4) is 0 Å². The maximum Gasteiger partial charge on any atom is 0.125 e. The predicted molar refractivity (Wildman–Crippen MR) is 69.1 cm³/mol. The van der Waals surface area contributed by atoms with Crippen LogP contribution >= 0.6 is 0 Å². The van der Waals surface area contributed by atoms with Gasteiger partial charge >= 0.3 is 0 Å². The fourth-order valence-electron chi connectivity index (χ4n) is 2.67. The van der Waals surface area contributed by atoms with Gasteiger partial charge in [-0.2, -0.15) is 0 Å². The minimum Gasteiger partial charge on any atom is -0.490 e. The third-order valence-corrected chi connectivity index (χ3v) is 3.49. The Bertz CT molecular complexity index is 373. The van der Waals surface area contributed by atoms with E-state index in [-0.39, 0.29) is 12.2 Å². The molecule has 0 fully saturated rings. The number of rotatable bonds is 3. The van der Waals surface area contributed by atoms with Crippen molar-refractivity contribution in [2.45, 2.75) is 45.8 Å². The Morgan fingerprint density at radius 2 is 2.00 bits per heavy atom. The molecule has 0 saturated carbocycles. The molecule has 1 aliphatic rings. The smallest absolute Gasteiger partial charge is 0.125 e. The molecular weight excluding hydrogens is 212 g/mol. The van der Waals surface area contributed by atoms with Crippen molar-refractivity contribution in [3.63, 3.8) is 0 Å². The zero-order valence-electron chi connectivity index (χ0n) is 10.9. The number of ether oxygens (including phenoxy) is 1. The molecule has 1 N–H and O–H groups in total. The highest BCUT2D eigenvalue weighted by molar-refractivity contribution is 5.36. The van der Waals surface area contributed by atoms with Crippen molar-refractivity contribution in [3.8, 4) is 5.75 Å². The Morgan fingerprint density at radius 3 is 2.71 bits per heavy atom. The van der Waals surface area contributed by atoms with Crippen molar-refractivity contribution in [1.29, 1.82) is 0 Å². The van der Waals surface area contributed by atoms with Gasteiger partial charge in [0.2, 0.25) is 0 Å². The van der Waals surface area contributed by atoms with Gasteiger partial charge in [-0.1, -0.05) is 39.0 Å². The van der Waals surface area contributed by atoms with Crippen LogP contribution in [0.25, 0.3) is 0 Å². The zero-order valence-corrected chi connectivity index (χ0v) is 10.9. The van der Waals surface area contributed by atoms with E-state index >= 15 is 0 Å². The lowest BCUT2D eigenvalue weighted by Gasteiger charge is -2.33. The lowest BCUT2D eigenvalue weighted by molar-refractivity contribution is 0.0332. The van der Waals surface area contributed by atoms with Gasteiger partial charge in [0.25, 0.3) is 0 Å². The van der Waals surface area contributed by atoms with Crippen LogP contribution in [0.1, 0.15) is 45.3 Å². The Labute approximate surface area is 104 Å². The summed E-state index contributed by atoms with van der Waals surface area (Å²) >= 11 is 0. The summed E-state index contributed by atoms with van der Waals surface area (Å²) in [4.78, 5) is 0. The lowest BCUT2D eigenvalue weighted by Crippen LogP contribution is -2.32. The van der Waals surface area contributed by atoms with E-state index in [2.05, 4.69) is 20.8 Å². The van der Waals surface area contributed by atoms with E-state index in [1.54, 1.807) is 0 Å². The van der Waals surface area contributed by atoms with Crippen LogP contribution in [0.15, 0.2) is 24.3 Å². The average Bonchev–Trinajstić information content (AvgIpc) is 2.28.